The van der Waals surface area contributed by atoms with Crippen LogP contribution in [0.5, 0.6) is 0 Å². The molecule has 108 valence electrons. The maximum atomic E-state index is 12.4. The van der Waals surface area contributed by atoms with Gasteiger partial charge >= 0.3 is 0 Å². The maximum absolute atomic E-state index is 12.4. The molecule has 0 radical (unpaired) electrons. The van der Waals surface area contributed by atoms with E-state index in [0.29, 0.717) is 5.56 Å². The van der Waals surface area contributed by atoms with Crippen LogP contribution in [0.1, 0.15) is 10.4 Å². The highest BCUT2D eigenvalue weighted by molar-refractivity contribution is 9.10. The van der Waals surface area contributed by atoms with Crippen LogP contribution in [0.2, 0.25) is 0 Å². The normalized spacial score (nSPS) is 10.2. The van der Waals surface area contributed by atoms with E-state index in [0.717, 1.165) is 21.3 Å². The highest BCUT2D eigenvalue weighted by Crippen LogP contribution is 2.28. The van der Waals surface area contributed by atoms with Crippen LogP contribution in [0.25, 0.3) is 11.1 Å². The van der Waals surface area contributed by atoms with Gasteiger partial charge in [-0.1, -0.05) is 70.5 Å². The summed E-state index contributed by atoms with van der Waals surface area (Å²) in [7, 11) is 0. The van der Waals surface area contributed by atoms with E-state index in [-0.39, 0.29) is 5.91 Å². The molecule has 3 rings (SSSR count). The quantitative estimate of drug-likeness (QED) is 0.675. The van der Waals surface area contributed by atoms with E-state index in [1.807, 2.05) is 66.7 Å². The first-order valence-electron chi connectivity index (χ1n) is 6.95. The second-order valence-electron chi connectivity index (χ2n) is 4.88. The molecule has 1 N–H and O–H groups in total. The van der Waals surface area contributed by atoms with Crippen LogP contribution < -0.4 is 5.32 Å². The van der Waals surface area contributed by atoms with E-state index >= 15 is 0 Å². The Hall–Kier alpha value is -2.39. The molecule has 0 aliphatic carbocycles. The summed E-state index contributed by atoms with van der Waals surface area (Å²) in [5.74, 6) is -0.121. The third-order valence-electron chi connectivity index (χ3n) is 3.35. The number of amides is 1. The van der Waals surface area contributed by atoms with Crippen molar-refractivity contribution < 1.29 is 4.79 Å². The Balaban J connectivity index is 1.92. The van der Waals surface area contributed by atoms with Gasteiger partial charge in [0.2, 0.25) is 0 Å². The van der Waals surface area contributed by atoms with Crippen molar-refractivity contribution in [2.75, 3.05) is 5.32 Å². The van der Waals surface area contributed by atoms with Gasteiger partial charge in [-0.05, 0) is 29.8 Å². The number of carbonyl (C=O) groups excluding carboxylic acids is 1. The van der Waals surface area contributed by atoms with Crippen molar-refractivity contribution in [2.24, 2.45) is 0 Å². The second-order valence-corrected chi connectivity index (χ2v) is 5.79. The summed E-state index contributed by atoms with van der Waals surface area (Å²) in [5, 5.41) is 2.99. The summed E-state index contributed by atoms with van der Waals surface area (Å²) >= 11 is 3.39. The van der Waals surface area contributed by atoms with E-state index < -0.39 is 0 Å². The van der Waals surface area contributed by atoms with Gasteiger partial charge in [-0.2, -0.15) is 0 Å². The Labute approximate surface area is 137 Å². The summed E-state index contributed by atoms with van der Waals surface area (Å²) < 4.78 is 0.886. The van der Waals surface area contributed by atoms with Gasteiger partial charge in [0.1, 0.15) is 0 Å². The molecule has 0 saturated heterocycles. The lowest BCUT2D eigenvalue weighted by atomic mass is 10.0. The molecular weight excluding hydrogens is 338 g/mol. The van der Waals surface area contributed by atoms with Crippen LogP contribution in [-0.2, 0) is 0 Å². The van der Waals surface area contributed by atoms with Gasteiger partial charge < -0.3 is 5.32 Å². The molecule has 0 atom stereocenters. The molecule has 0 heterocycles. The van der Waals surface area contributed by atoms with Gasteiger partial charge in [0, 0.05) is 21.3 Å². The number of rotatable bonds is 3. The Morgan fingerprint density at radius 3 is 2.32 bits per heavy atom. The Morgan fingerprint density at radius 1 is 0.818 bits per heavy atom. The molecule has 3 heteroatoms. The average molecular weight is 352 g/mol. The van der Waals surface area contributed by atoms with Crippen LogP contribution in [0.4, 0.5) is 5.69 Å². The molecule has 0 unspecified atom stereocenters. The number of anilines is 1. The molecule has 0 aliphatic heterocycles. The molecule has 0 fully saturated rings. The van der Waals surface area contributed by atoms with Crippen molar-refractivity contribution in [1.29, 1.82) is 0 Å². The number of halogens is 1. The highest BCUT2D eigenvalue weighted by Gasteiger charge is 2.10. The standard InChI is InChI=1S/C19H14BrNO/c20-16-10-6-9-15(13-16)19(22)21-18-12-5-4-11-17(18)14-7-2-1-3-8-14/h1-13H,(H,21,22). The number of carbonyl (C=O) groups is 1. The SMILES string of the molecule is O=C(Nc1ccccc1-c1ccccc1)c1cccc(Br)c1. The van der Waals surface area contributed by atoms with Crippen molar-refractivity contribution in [3.63, 3.8) is 0 Å². The molecule has 0 aliphatic rings. The Bertz CT molecular complexity index is 799. The summed E-state index contributed by atoms with van der Waals surface area (Å²) in [6, 6.07) is 25.2. The van der Waals surface area contributed by atoms with E-state index in [9.17, 15) is 4.79 Å². The van der Waals surface area contributed by atoms with Crippen LogP contribution in [0, 0.1) is 0 Å². The lowest BCUT2D eigenvalue weighted by Gasteiger charge is -2.11. The summed E-state index contributed by atoms with van der Waals surface area (Å²) in [4.78, 5) is 12.4. The minimum Gasteiger partial charge on any atom is -0.321 e. The zero-order valence-electron chi connectivity index (χ0n) is 11.8. The summed E-state index contributed by atoms with van der Waals surface area (Å²) in [6.45, 7) is 0. The molecule has 3 aromatic rings. The Morgan fingerprint density at radius 2 is 1.55 bits per heavy atom. The monoisotopic (exact) mass is 351 g/mol. The van der Waals surface area contributed by atoms with Crippen LogP contribution >= 0.6 is 15.9 Å². The largest absolute Gasteiger partial charge is 0.321 e. The summed E-state index contributed by atoms with van der Waals surface area (Å²) in [6.07, 6.45) is 0. The number of hydrogen-bond donors (Lipinski definition) is 1. The number of hydrogen-bond acceptors (Lipinski definition) is 1. The van der Waals surface area contributed by atoms with Crippen LogP contribution in [0.3, 0.4) is 0 Å². The van der Waals surface area contributed by atoms with E-state index in [2.05, 4.69) is 21.2 Å². The molecular formula is C19H14BrNO. The zero-order valence-corrected chi connectivity index (χ0v) is 13.4. The first-order chi connectivity index (χ1) is 10.7. The van der Waals surface area contributed by atoms with Crippen molar-refractivity contribution in [1.82, 2.24) is 0 Å². The highest BCUT2D eigenvalue weighted by atomic mass is 79.9. The molecule has 0 bridgehead atoms. The predicted octanol–water partition coefficient (Wildman–Crippen LogP) is 5.37. The lowest BCUT2D eigenvalue weighted by molar-refractivity contribution is 0.102. The van der Waals surface area contributed by atoms with Gasteiger partial charge in [-0.15, -0.1) is 0 Å². The fourth-order valence-electron chi connectivity index (χ4n) is 2.29. The van der Waals surface area contributed by atoms with Gasteiger partial charge in [-0.25, -0.2) is 0 Å². The smallest absolute Gasteiger partial charge is 0.255 e. The van der Waals surface area contributed by atoms with Crippen LogP contribution in [-0.4, -0.2) is 5.91 Å². The second kappa shape index (κ2) is 6.58. The minimum absolute atomic E-state index is 0.121. The molecule has 1 amide bonds. The van der Waals surface area contributed by atoms with Gasteiger partial charge in [0.15, 0.2) is 0 Å². The molecule has 2 nitrogen and oxygen atoms in total. The topological polar surface area (TPSA) is 29.1 Å². The number of nitrogens with one attached hydrogen (secondary N) is 1. The molecule has 0 aromatic heterocycles. The molecule has 0 saturated carbocycles. The van der Waals surface area contributed by atoms with Crippen molar-refractivity contribution in [3.8, 4) is 11.1 Å². The first kappa shape index (κ1) is 14.5. The minimum atomic E-state index is -0.121. The Kier molecular flexibility index (Phi) is 4.35. The van der Waals surface area contributed by atoms with E-state index in [4.69, 9.17) is 0 Å². The fraction of sp³-hybridized carbons (Fsp3) is 0. The van der Waals surface area contributed by atoms with Crippen molar-refractivity contribution in [3.05, 3.63) is 88.9 Å². The number of benzene rings is 3. The van der Waals surface area contributed by atoms with Crippen molar-refractivity contribution >= 4 is 27.5 Å². The van der Waals surface area contributed by atoms with Gasteiger partial charge in [-0.3, -0.25) is 4.79 Å². The van der Waals surface area contributed by atoms with Crippen LogP contribution in [0.15, 0.2) is 83.3 Å². The predicted molar refractivity (Wildman–Crippen MR) is 94.0 cm³/mol. The fourth-order valence-corrected chi connectivity index (χ4v) is 2.68. The average Bonchev–Trinajstić information content (AvgIpc) is 2.56. The maximum Gasteiger partial charge on any atom is 0.255 e. The van der Waals surface area contributed by atoms with E-state index in [1.54, 1.807) is 12.1 Å². The zero-order chi connectivity index (χ0) is 15.4. The third-order valence-corrected chi connectivity index (χ3v) is 3.84. The third kappa shape index (κ3) is 3.26. The van der Waals surface area contributed by atoms with Gasteiger partial charge in [0.05, 0.1) is 0 Å². The van der Waals surface area contributed by atoms with Gasteiger partial charge in [0.25, 0.3) is 5.91 Å². The lowest BCUT2D eigenvalue weighted by Crippen LogP contribution is -2.12. The van der Waals surface area contributed by atoms with E-state index in [1.165, 1.54) is 0 Å². The molecule has 22 heavy (non-hydrogen) atoms. The molecule has 3 aromatic carbocycles. The van der Waals surface area contributed by atoms with Crippen molar-refractivity contribution in [2.45, 2.75) is 0 Å². The first-order valence-corrected chi connectivity index (χ1v) is 7.75. The summed E-state index contributed by atoms with van der Waals surface area (Å²) in [5.41, 5.74) is 3.51. The molecule has 0 spiro atoms. The number of para-hydroxylation sites is 1.